The second-order valence-electron chi connectivity index (χ2n) is 8.36. The minimum Gasteiger partial charge on any atom is -0.545 e. The number of nitrogen functional groups attached to an aromatic ring is 1. The van der Waals surface area contributed by atoms with Crippen molar-refractivity contribution in [3.8, 4) is 6.01 Å². The summed E-state index contributed by atoms with van der Waals surface area (Å²) < 4.78 is 1.72. The predicted molar refractivity (Wildman–Crippen MR) is 127 cm³/mol. The van der Waals surface area contributed by atoms with Crippen LogP contribution in [-0.4, -0.2) is 27.1 Å². The third-order valence-corrected chi connectivity index (χ3v) is 5.41. The van der Waals surface area contributed by atoms with Crippen LogP contribution in [0.25, 0.3) is 0 Å². The number of anilines is 1. The average molecular weight is 466 g/mol. The van der Waals surface area contributed by atoms with Gasteiger partial charge in [-0.1, -0.05) is 95.4 Å². The highest BCUT2D eigenvalue weighted by Crippen LogP contribution is 2.13. The lowest BCUT2D eigenvalue weighted by Crippen LogP contribution is -2.38. The number of aromatic nitrogens is 2. The average Bonchev–Trinajstić information content (AvgIpc) is 2.77. The molecule has 0 spiro atoms. The number of unbranched alkanes of at least 4 members (excludes halogenated alkanes) is 13. The Hall–Kier alpha value is -2.64. The van der Waals surface area contributed by atoms with E-state index in [-0.39, 0.29) is 6.01 Å². The van der Waals surface area contributed by atoms with Crippen molar-refractivity contribution in [1.82, 2.24) is 4.98 Å². The number of rotatable bonds is 17. The van der Waals surface area contributed by atoms with Gasteiger partial charge >= 0.3 is 12.0 Å². The molecule has 0 saturated carbocycles. The second kappa shape index (κ2) is 20.0. The smallest absolute Gasteiger partial charge is 0.431 e. The van der Waals surface area contributed by atoms with Gasteiger partial charge in [0.1, 0.15) is 6.20 Å². The molecule has 0 atom stereocenters. The van der Waals surface area contributed by atoms with Gasteiger partial charge in [0.05, 0.1) is 18.1 Å². The van der Waals surface area contributed by atoms with Crippen LogP contribution < -0.4 is 15.4 Å². The van der Waals surface area contributed by atoms with Gasteiger partial charge in [0.15, 0.2) is 0 Å². The summed E-state index contributed by atoms with van der Waals surface area (Å²) in [5.41, 5.74) is 6.92. The molecule has 1 aromatic rings. The molecule has 8 heteroatoms. The SMILES string of the molecule is CCCCCCCCCCCCCCCC[n+]1c(O)ncc(C)c1N.O=C([O-])C=CC(=O)O. The molecule has 1 rings (SSSR count). The Morgan fingerprint density at radius 2 is 1.39 bits per heavy atom. The van der Waals surface area contributed by atoms with Crippen LogP contribution in [0, 0.1) is 6.92 Å². The number of carboxylic acids is 2. The first kappa shape index (κ1) is 30.4. The maximum atomic E-state index is 9.79. The van der Waals surface area contributed by atoms with Crippen molar-refractivity contribution in [2.24, 2.45) is 0 Å². The summed E-state index contributed by atoms with van der Waals surface area (Å²) in [5.74, 6) is -2.18. The fourth-order valence-corrected chi connectivity index (χ4v) is 3.44. The Balaban J connectivity index is 0.00000109. The molecule has 1 heterocycles. The molecule has 0 amide bonds. The van der Waals surface area contributed by atoms with Crippen molar-refractivity contribution < 1.29 is 29.5 Å². The van der Waals surface area contributed by atoms with E-state index in [4.69, 9.17) is 10.8 Å². The van der Waals surface area contributed by atoms with Crippen LogP contribution in [0.1, 0.15) is 102 Å². The summed E-state index contributed by atoms with van der Waals surface area (Å²) in [6.45, 7) is 4.95. The fraction of sp³-hybridized carbons (Fsp3) is 0.680. The number of hydrogen-bond donors (Lipinski definition) is 3. The van der Waals surface area contributed by atoms with E-state index in [0.717, 1.165) is 18.5 Å². The van der Waals surface area contributed by atoms with Crippen LogP contribution in [0.15, 0.2) is 18.3 Å². The Morgan fingerprint density at radius 3 is 1.79 bits per heavy atom. The number of hydrogen-bond acceptors (Lipinski definition) is 6. The fourth-order valence-electron chi connectivity index (χ4n) is 3.44. The zero-order valence-electron chi connectivity index (χ0n) is 20.4. The number of aryl methyl sites for hydroxylation is 1. The molecule has 0 unspecified atom stereocenters. The van der Waals surface area contributed by atoms with Crippen molar-refractivity contribution in [3.05, 3.63) is 23.9 Å². The molecule has 8 nitrogen and oxygen atoms in total. The quantitative estimate of drug-likeness (QED) is 0.180. The normalized spacial score (nSPS) is 10.7. The van der Waals surface area contributed by atoms with Gasteiger partial charge in [-0.3, -0.25) is 0 Å². The number of nitrogens with two attached hydrogens (primary N) is 1. The van der Waals surface area contributed by atoms with E-state index in [1.807, 2.05) is 6.92 Å². The lowest BCUT2D eigenvalue weighted by Gasteiger charge is -2.07. The first-order chi connectivity index (χ1) is 15.8. The molecule has 0 bridgehead atoms. The summed E-state index contributed by atoms with van der Waals surface area (Å²) in [4.78, 5) is 22.9. The summed E-state index contributed by atoms with van der Waals surface area (Å²) in [5, 5.41) is 27.0. The van der Waals surface area contributed by atoms with E-state index in [2.05, 4.69) is 11.9 Å². The summed E-state index contributed by atoms with van der Waals surface area (Å²) in [6.07, 6.45) is 21.4. The lowest BCUT2D eigenvalue weighted by molar-refractivity contribution is -0.692. The first-order valence-corrected chi connectivity index (χ1v) is 12.2. The number of aromatic hydroxyl groups is 1. The topological polar surface area (TPSA) is 140 Å². The molecule has 33 heavy (non-hydrogen) atoms. The third-order valence-electron chi connectivity index (χ3n) is 5.41. The molecular weight excluding hydrogens is 422 g/mol. The second-order valence-corrected chi connectivity index (χ2v) is 8.36. The predicted octanol–water partition coefficient (Wildman–Crippen LogP) is 3.82. The zero-order valence-corrected chi connectivity index (χ0v) is 20.4. The molecule has 1 aromatic heterocycles. The number of carbonyl (C=O) groups excluding carboxylic acids is 1. The van der Waals surface area contributed by atoms with E-state index < -0.39 is 11.9 Å². The van der Waals surface area contributed by atoms with Gasteiger partial charge < -0.3 is 25.8 Å². The summed E-state index contributed by atoms with van der Waals surface area (Å²) in [7, 11) is 0. The molecule has 0 aliphatic heterocycles. The molecule has 0 radical (unpaired) electrons. The Bertz CT molecular complexity index is 692. The van der Waals surface area contributed by atoms with Crippen molar-refractivity contribution in [2.75, 3.05) is 5.73 Å². The number of carbonyl (C=O) groups is 2. The minimum absolute atomic E-state index is 0.0257. The molecule has 0 aliphatic rings. The summed E-state index contributed by atoms with van der Waals surface area (Å²) >= 11 is 0. The van der Waals surface area contributed by atoms with E-state index in [1.54, 1.807) is 10.8 Å². The molecular formula is C25H43N3O5. The van der Waals surface area contributed by atoms with Crippen LogP contribution in [0.3, 0.4) is 0 Å². The molecule has 188 valence electrons. The van der Waals surface area contributed by atoms with Crippen molar-refractivity contribution in [3.63, 3.8) is 0 Å². The summed E-state index contributed by atoms with van der Waals surface area (Å²) in [6, 6.07) is 0.0257. The van der Waals surface area contributed by atoms with Gasteiger partial charge in [-0.15, -0.1) is 0 Å². The van der Waals surface area contributed by atoms with Gasteiger partial charge in [-0.25, -0.2) is 4.79 Å². The minimum atomic E-state index is -1.51. The van der Waals surface area contributed by atoms with E-state index >= 15 is 0 Å². The molecule has 0 saturated heterocycles. The lowest BCUT2D eigenvalue weighted by atomic mass is 10.0. The Kier molecular flexibility index (Phi) is 18.4. The molecule has 4 N–H and O–H groups in total. The van der Waals surface area contributed by atoms with Gasteiger partial charge in [-0.05, 0) is 19.4 Å². The number of carboxylic acid groups (broad SMARTS) is 2. The highest BCUT2D eigenvalue weighted by Gasteiger charge is 2.13. The largest absolute Gasteiger partial charge is 0.545 e. The monoisotopic (exact) mass is 465 g/mol. The van der Waals surface area contributed by atoms with Gasteiger partial charge in [0.2, 0.25) is 5.82 Å². The van der Waals surface area contributed by atoms with Crippen LogP contribution in [-0.2, 0) is 16.1 Å². The molecule has 0 aromatic carbocycles. The van der Waals surface area contributed by atoms with E-state index in [0.29, 0.717) is 18.0 Å². The maximum absolute atomic E-state index is 9.79. The van der Waals surface area contributed by atoms with Crippen LogP contribution in [0.4, 0.5) is 5.82 Å². The van der Waals surface area contributed by atoms with Crippen molar-refractivity contribution in [2.45, 2.75) is 110 Å². The van der Waals surface area contributed by atoms with Crippen LogP contribution in [0.2, 0.25) is 0 Å². The van der Waals surface area contributed by atoms with Gasteiger partial charge in [0.25, 0.3) is 0 Å². The Labute approximate surface area is 198 Å². The van der Waals surface area contributed by atoms with Gasteiger partial charge in [0, 0.05) is 6.08 Å². The van der Waals surface area contributed by atoms with E-state index in [9.17, 15) is 19.8 Å². The third kappa shape index (κ3) is 17.6. The van der Waals surface area contributed by atoms with E-state index in [1.165, 1.54) is 83.5 Å². The standard InChI is InChI=1S/C21H39N3O.C4H4O4/c1-3-4-5-6-7-8-9-10-11-12-13-14-15-16-17-24-20(22)19(2)18-23-21(24)25;5-3(6)1-2-4(7)8/h18H,3-17H2,1-2H3,(H2,22,23,25);1-2H,(H,5,6)(H,7,8). The zero-order chi connectivity index (χ0) is 24.9. The molecule has 0 aliphatic carbocycles. The van der Waals surface area contributed by atoms with Crippen LogP contribution in [0.5, 0.6) is 6.01 Å². The number of nitrogens with zero attached hydrogens (tertiary/aromatic N) is 2. The van der Waals surface area contributed by atoms with Crippen LogP contribution >= 0.6 is 0 Å². The first-order valence-electron chi connectivity index (χ1n) is 12.2. The van der Waals surface area contributed by atoms with Gasteiger partial charge in [-0.2, -0.15) is 4.57 Å². The maximum Gasteiger partial charge on any atom is 0.431 e. The Morgan fingerprint density at radius 1 is 0.939 bits per heavy atom. The molecule has 0 fully saturated rings. The van der Waals surface area contributed by atoms with Crippen molar-refractivity contribution >= 4 is 17.8 Å². The number of aliphatic carboxylic acids is 2. The highest BCUT2D eigenvalue weighted by molar-refractivity contribution is 5.88. The highest BCUT2D eigenvalue weighted by atomic mass is 16.4. The van der Waals surface area contributed by atoms with Crippen molar-refractivity contribution in [1.29, 1.82) is 0 Å².